The summed E-state index contributed by atoms with van der Waals surface area (Å²) in [5.41, 5.74) is 2.49. The summed E-state index contributed by atoms with van der Waals surface area (Å²) in [6.07, 6.45) is -0.0811. The number of ether oxygens (including phenoxy) is 1. The molecular formula is C25H36O5Si. The van der Waals surface area contributed by atoms with E-state index < -0.39 is 14.9 Å². The Labute approximate surface area is 188 Å². The van der Waals surface area contributed by atoms with E-state index in [1.807, 2.05) is 89.2 Å². The summed E-state index contributed by atoms with van der Waals surface area (Å²) in [5, 5.41) is 0. The van der Waals surface area contributed by atoms with Gasteiger partial charge in [0.1, 0.15) is 6.10 Å². The van der Waals surface area contributed by atoms with Gasteiger partial charge in [0.15, 0.2) is 5.78 Å². The molecule has 0 bridgehead atoms. The highest BCUT2D eigenvalue weighted by molar-refractivity contribution is 6.60. The van der Waals surface area contributed by atoms with Crippen LogP contribution in [0.1, 0.15) is 62.2 Å². The SMILES string of the molecule is CCO[Si](CCc1ccccc1C(=O)C(OC(C)C)c1ccccc1)(OCC)OCC. The Morgan fingerprint density at radius 3 is 1.94 bits per heavy atom. The van der Waals surface area contributed by atoms with E-state index in [2.05, 4.69) is 0 Å². The first-order valence-corrected chi connectivity index (χ1v) is 13.1. The highest BCUT2D eigenvalue weighted by Gasteiger charge is 2.40. The van der Waals surface area contributed by atoms with Gasteiger partial charge in [-0.25, -0.2) is 0 Å². The second-order valence-electron chi connectivity index (χ2n) is 7.48. The molecule has 6 heteroatoms. The smallest absolute Gasteiger partial charge is 0.374 e. The molecule has 31 heavy (non-hydrogen) atoms. The zero-order valence-corrected chi connectivity index (χ0v) is 20.4. The molecule has 0 radical (unpaired) electrons. The predicted molar refractivity (Wildman–Crippen MR) is 125 cm³/mol. The average Bonchev–Trinajstić information content (AvgIpc) is 2.77. The minimum absolute atomic E-state index is 0.0352. The van der Waals surface area contributed by atoms with Crippen LogP contribution in [0.4, 0.5) is 0 Å². The number of benzene rings is 2. The first-order chi connectivity index (χ1) is 15.0. The van der Waals surface area contributed by atoms with Crippen LogP contribution in [0.25, 0.3) is 0 Å². The summed E-state index contributed by atoms with van der Waals surface area (Å²) in [7, 11) is -2.80. The van der Waals surface area contributed by atoms with Crippen LogP contribution < -0.4 is 0 Å². The van der Waals surface area contributed by atoms with Crippen molar-refractivity contribution in [2.45, 2.75) is 59.3 Å². The summed E-state index contributed by atoms with van der Waals surface area (Å²) in [6.45, 7) is 11.3. The third kappa shape index (κ3) is 7.37. The van der Waals surface area contributed by atoms with Crippen LogP contribution >= 0.6 is 0 Å². The molecule has 5 nitrogen and oxygen atoms in total. The predicted octanol–water partition coefficient (Wildman–Crippen LogP) is 5.63. The molecule has 0 saturated carbocycles. The molecule has 0 saturated heterocycles. The lowest BCUT2D eigenvalue weighted by molar-refractivity contribution is 0.0113. The molecule has 0 fully saturated rings. The third-order valence-corrected chi connectivity index (χ3v) is 7.87. The summed E-state index contributed by atoms with van der Waals surface area (Å²) < 4.78 is 24.0. The molecule has 0 N–H and O–H groups in total. The van der Waals surface area contributed by atoms with E-state index in [-0.39, 0.29) is 11.9 Å². The van der Waals surface area contributed by atoms with Crippen molar-refractivity contribution in [3.05, 3.63) is 71.3 Å². The van der Waals surface area contributed by atoms with Gasteiger partial charge in [-0.15, -0.1) is 0 Å². The van der Waals surface area contributed by atoms with Crippen LogP contribution in [0.2, 0.25) is 6.04 Å². The van der Waals surface area contributed by atoms with Crippen LogP contribution in [0.15, 0.2) is 54.6 Å². The molecule has 0 aliphatic heterocycles. The number of hydrogen-bond acceptors (Lipinski definition) is 5. The summed E-state index contributed by atoms with van der Waals surface area (Å²) >= 11 is 0. The minimum atomic E-state index is -2.80. The van der Waals surface area contributed by atoms with Crippen LogP contribution in [0, 0.1) is 0 Å². The molecule has 2 rings (SSSR count). The quantitative estimate of drug-likeness (QED) is 0.279. The Balaban J connectivity index is 2.31. The summed E-state index contributed by atoms with van der Waals surface area (Å²) in [6, 6.07) is 18.0. The lowest BCUT2D eigenvalue weighted by atomic mass is 9.95. The topological polar surface area (TPSA) is 54.0 Å². The minimum Gasteiger partial charge on any atom is -0.374 e. The van der Waals surface area contributed by atoms with E-state index in [0.29, 0.717) is 37.8 Å². The fourth-order valence-corrected chi connectivity index (χ4v) is 6.18. The van der Waals surface area contributed by atoms with E-state index in [4.69, 9.17) is 18.0 Å². The van der Waals surface area contributed by atoms with Gasteiger partial charge in [-0.1, -0.05) is 54.6 Å². The largest absolute Gasteiger partial charge is 0.501 e. The van der Waals surface area contributed by atoms with Crippen molar-refractivity contribution in [2.24, 2.45) is 0 Å². The van der Waals surface area contributed by atoms with Gasteiger partial charge in [-0.3, -0.25) is 4.79 Å². The normalized spacial score (nSPS) is 12.8. The zero-order valence-electron chi connectivity index (χ0n) is 19.4. The lowest BCUT2D eigenvalue weighted by Gasteiger charge is -2.29. The standard InChI is InChI=1S/C25H36O5Si/c1-6-27-31(28-7-2,29-8-3)19-18-21-14-12-13-17-23(21)24(26)25(30-20(4)5)22-15-10-9-11-16-22/h9-17,20,25H,6-8,18-19H2,1-5H3. The van der Waals surface area contributed by atoms with E-state index in [1.54, 1.807) is 0 Å². The fourth-order valence-electron chi connectivity index (χ4n) is 3.60. The Morgan fingerprint density at radius 2 is 1.39 bits per heavy atom. The second kappa shape index (κ2) is 12.9. The number of aryl methyl sites for hydroxylation is 1. The van der Waals surface area contributed by atoms with Gasteiger partial charge in [-0.2, -0.15) is 0 Å². The molecule has 0 aliphatic rings. The molecule has 2 aromatic rings. The summed E-state index contributed by atoms with van der Waals surface area (Å²) in [4.78, 5) is 13.6. The summed E-state index contributed by atoms with van der Waals surface area (Å²) in [5.74, 6) is -0.0352. The number of carbonyl (C=O) groups is 1. The average molecular weight is 445 g/mol. The van der Waals surface area contributed by atoms with Gasteiger partial charge in [0.2, 0.25) is 0 Å². The van der Waals surface area contributed by atoms with E-state index in [0.717, 1.165) is 11.1 Å². The maximum atomic E-state index is 13.6. The van der Waals surface area contributed by atoms with Gasteiger partial charge in [0.05, 0.1) is 6.10 Å². The van der Waals surface area contributed by atoms with Crippen LogP contribution in [0.5, 0.6) is 0 Å². The highest BCUT2D eigenvalue weighted by atomic mass is 28.4. The Hall–Kier alpha value is -1.83. The molecule has 0 aromatic heterocycles. The van der Waals surface area contributed by atoms with Crippen LogP contribution in [-0.2, 0) is 24.4 Å². The van der Waals surface area contributed by atoms with Crippen molar-refractivity contribution in [2.75, 3.05) is 19.8 Å². The van der Waals surface area contributed by atoms with Crippen molar-refractivity contribution in [3.8, 4) is 0 Å². The molecular weight excluding hydrogens is 408 g/mol. The molecule has 0 aliphatic carbocycles. The van der Waals surface area contributed by atoms with Gasteiger partial charge in [0.25, 0.3) is 0 Å². The molecule has 170 valence electrons. The number of Topliss-reactive ketones (excluding diaryl/α,β-unsaturated/α-hetero) is 1. The van der Waals surface area contributed by atoms with E-state index in [9.17, 15) is 4.79 Å². The van der Waals surface area contributed by atoms with Crippen LogP contribution in [0.3, 0.4) is 0 Å². The van der Waals surface area contributed by atoms with E-state index in [1.165, 1.54) is 0 Å². The third-order valence-electron chi connectivity index (χ3n) is 4.82. The van der Waals surface area contributed by atoms with E-state index >= 15 is 0 Å². The molecule has 1 unspecified atom stereocenters. The maximum Gasteiger partial charge on any atom is 0.501 e. The Bertz CT molecular complexity index is 776. The Kier molecular flexibility index (Phi) is 10.6. The first kappa shape index (κ1) is 25.4. The molecule has 0 heterocycles. The number of ketones is 1. The molecule has 0 amide bonds. The van der Waals surface area contributed by atoms with Gasteiger partial charge < -0.3 is 18.0 Å². The van der Waals surface area contributed by atoms with Crippen molar-refractivity contribution in [1.82, 2.24) is 0 Å². The number of carbonyl (C=O) groups excluding carboxylic acids is 1. The Morgan fingerprint density at radius 1 is 0.839 bits per heavy atom. The van der Waals surface area contributed by atoms with Crippen molar-refractivity contribution in [1.29, 1.82) is 0 Å². The monoisotopic (exact) mass is 444 g/mol. The van der Waals surface area contributed by atoms with Gasteiger partial charge in [-0.05, 0) is 52.2 Å². The number of rotatable bonds is 14. The zero-order chi connectivity index (χ0) is 22.7. The number of hydrogen-bond donors (Lipinski definition) is 0. The van der Waals surface area contributed by atoms with Crippen molar-refractivity contribution in [3.63, 3.8) is 0 Å². The lowest BCUT2D eigenvalue weighted by Crippen LogP contribution is -2.46. The second-order valence-corrected chi connectivity index (χ2v) is 10.2. The van der Waals surface area contributed by atoms with Crippen molar-refractivity contribution >= 4 is 14.6 Å². The van der Waals surface area contributed by atoms with Crippen LogP contribution in [-0.4, -0.2) is 40.5 Å². The molecule has 0 spiro atoms. The van der Waals surface area contributed by atoms with Gasteiger partial charge >= 0.3 is 8.80 Å². The molecule has 2 aromatic carbocycles. The highest BCUT2D eigenvalue weighted by Crippen LogP contribution is 2.27. The maximum absolute atomic E-state index is 13.6. The van der Waals surface area contributed by atoms with Gasteiger partial charge in [0, 0.05) is 31.4 Å². The molecule has 1 atom stereocenters. The first-order valence-electron chi connectivity index (χ1n) is 11.2. The fraction of sp³-hybridized carbons (Fsp3) is 0.480. The van der Waals surface area contributed by atoms with Crippen molar-refractivity contribution < 1.29 is 22.8 Å².